The summed E-state index contributed by atoms with van der Waals surface area (Å²) in [7, 11) is -8.12. The van der Waals surface area contributed by atoms with E-state index in [1.165, 1.54) is 6.08 Å². The van der Waals surface area contributed by atoms with Gasteiger partial charge in [0.2, 0.25) is 0 Å². The lowest BCUT2D eigenvalue weighted by molar-refractivity contribution is 0.595. The summed E-state index contributed by atoms with van der Waals surface area (Å²) in [4.78, 5) is 0.329. The fourth-order valence-electron chi connectivity index (χ4n) is 4.96. The Hall–Kier alpha value is -2.88. The second kappa shape index (κ2) is 9.78. The highest BCUT2D eigenvalue weighted by Gasteiger charge is 2.28. The Labute approximate surface area is 227 Å². The normalized spacial score (nSPS) is 16.1. The van der Waals surface area contributed by atoms with Crippen molar-refractivity contribution in [1.82, 2.24) is 0 Å². The van der Waals surface area contributed by atoms with E-state index in [2.05, 4.69) is 24.7 Å². The predicted molar refractivity (Wildman–Crippen MR) is 152 cm³/mol. The summed E-state index contributed by atoms with van der Waals surface area (Å²) in [5.74, 6) is 0. The highest BCUT2D eigenvalue weighted by atomic mass is 79.9. The first-order valence-electron chi connectivity index (χ1n) is 11.5. The van der Waals surface area contributed by atoms with E-state index in [9.17, 15) is 16.8 Å². The number of fused-ring (bicyclic) bond motifs is 1. The highest BCUT2D eigenvalue weighted by molar-refractivity contribution is 9.12. The summed E-state index contributed by atoms with van der Waals surface area (Å²) < 4.78 is 62.4. The third-order valence-electron chi connectivity index (χ3n) is 6.10. The van der Waals surface area contributed by atoms with Crippen LogP contribution in [-0.2, 0) is 20.0 Å². The van der Waals surface area contributed by atoms with Crippen molar-refractivity contribution in [2.45, 2.75) is 51.3 Å². The van der Waals surface area contributed by atoms with Crippen LogP contribution >= 0.6 is 15.9 Å². The number of hydrogen-bond donors (Lipinski definition) is 0. The van der Waals surface area contributed by atoms with Crippen LogP contribution in [0.15, 0.2) is 77.7 Å². The topological polar surface area (TPSA) is 93.0 Å². The minimum absolute atomic E-state index is 0.163. The fourth-order valence-corrected chi connectivity index (χ4v) is 8.49. The van der Waals surface area contributed by atoms with Crippen molar-refractivity contribution in [3.63, 3.8) is 0 Å². The van der Waals surface area contributed by atoms with Gasteiger partial charge in [-0.2, -0.15) is 25.6 Å². The summed E-state index contributed by atoms with van der Waals surface area (Å²) in [6.07, 6.45) is 1.50. The molecule has 3 aromatic rings. The number of aryl methyl sites for hydroxylation is 6. The van der Waals surface area contributed by atoms with Crippen LogP contribution in [-0.4, -0.2) is 28.3 Å². The lowest BCUT2D eigenvalue weighted by Gasteiger charge is -2.19. The van der Waals surface area contributed by atoms with Crippen LogP contribution in [0.4, 0.5) is 0 Å². The molecule has 0 atom stereocenters. The smallest absolute Gasteiger partial charge is 0.199 e. The molecule has 9 heteroatoms. The molecule has 0 bridgehead atoms. The molecule has 0 saturated heterocycles. The Morgan fingerprint density at radius 1 is 0.622 bits per heavy atom. The summed E-state index contributed by atoms with van der Waals surface area (Å²) in [6, 6.07) is 14.1. The molecular weight excluding hydrogens is 572 g/mol. The molecule has 37 heavy (non-hydrogen) atoms. The van der Waals surface area contributed by atoms with Crippen molar-refractivity contribution in [1.29, 1.82) is 0 Å². The Morgan fingerprint density at radius 2 is 1.03 bits per heavy atom. The van der Waals surface area contributed by atoms with Crippen molar-refractivity contribution in [2.75, 3.05) is 0 Å². The molecule has 1 aliphatic rings. The van der Waals surface area contributed by atoms with Crippen LogP contribution in [0, 0.1) is 41.5 Å². The number of benzene rings is 3. The lowest BCUT2D eigenvalue weighted by Crippen LogP contribution is -2.19. The summed E-state index contributed by atoms with van der Waals surface area (Å²) in [6.45, 7) is 10.8. The predicted octanol–water partition coefficient (Wildman–Crippen LogP) is 6.19. The Kier molecular flexibility index (Phi) is 7.18. The van der Waals surface area contributed by atoms with E-state index in [0.717, 1.165) is 11.1 Å². The highest BCUT2D eigenvalue weighted by Crippen LogP contribution is 2.31. The van der Waals surface area contributed by atoms with Gasteiger partial charge >= 0.3 is 0 Å². The van der Waals surface area contributed by atoms with E-state index in [1.54, 1.807) is 52.0 Å². The zero-order valence-electron chi connectivity index (χ0n) is 21.4. The summed E-state index contributed by atoms with van der Waals surface area (Å²) in [5, 5.41) is 0. The maximum Gasteiger partial charge on any atom is 0.283 e. The molecule has 0 amide bonds. The SMILES string of the molecule is Cc1cc(C)c(S(=O)(=O)N=C2C=C(Br)C(=NS(=O)(=O)c3c(C)cc(C)cc3C)c3ccccc32)c(C)c1. The number of rotatable bonds is 4. The molecule has 4 rings (SSSR count). The number of nitrogens with zero attached hydrogens (tertiary/aromatic N) is 2. The van der Waals surface area contributed by atoms with E-state index in [4.69, 9.17) is 0 Å². The number of sulfonamides is 2. The van der Waals surface area contributed by atoms with Crippen LogP contribution in [0.3, 0.4) is 0 Å². The van der Waals surface area contributed by atoms with Crippen LogP contribution < -0.4 is 0 Å². The van der Waals surface area contributed by atoms with Crippen molar-refractivity contribution in [2.24, 2.45) is 8.80 Å². The van der Waals surface area contributed by atoms with Gasteiger partial charge in [0.05, 0.1) is 21.2 Å². The van der Waals surface area contributed by atoms with Gasteiger partial charge in [0.15, 0.2) is 0 Å². The van der Waals surface area contributed by atoms with Gasteiger partial charge in [-0.25, -0.2) is 0 Å². The molecule has 0 heterocycles. The second-order valence-corrected chi connectivity index (χ2v) is 13.3. The quantitative estimate of drug-likeness (QED) is 0.358. The molecule has 0 fully saturated rings. The van der Waals surface area contributed by atoms with Crippen molar-refractivity contribution in [3.8, 4) is 0 Å². The van der Waals surface area contributed by atoms with E-state index in [1.807, 2.05) is 38.1 Å². The minimum atomic E-state index is -4.07. The Balaban J connectivity index is 1.90. The van der Waals surface area contributed by atoms with Gasteiger partial charge in [-0.15, -0.1) is 0 Å². The molecule has 0 radical (unpaired) electrons. The van der Waals surface area contributed by atoms with E-state index < -0.39 is 20.0 Å². The van der Waals surface area contributed by atoms with Gasteiger partial charge in [-0.3, -0.25) is 0 Å². The van der Waals surface area contributed by atoms with Crippen LogP contribution in [0.25, 0.3) is 0 Å². The van der Waals surface area contributed by atoms with E-state index in [-0.39, 0.29) is 21.2 Å². The van der Waals surface area contributed by atoms with Gasteiger partial charge in [0.25, 0.3) is 20.0 Å². The fraction of sp³-hybridized carbons (Fsp3) is 0.214. The van der Waals surface area contributed by atoms with Gasteiger partial charge in [0.1, 0.15) is 0 Å². The molecule has 0 aliphatic heterocycles. The first-order chi connectivity index (χ1) is 17.2. The average molecular weight is 600 g/mol. The van der Waals surface area contributed by atoms with Gasteiger partial charge in [-0.05, 0) is 85.8 Å². The Morgan fingerprint density at radius 3 is 1.49 bits per heavy atom. The third kappa shape index (κ3) is 5.26. The average Bonchev–Trinajstić information content (AvgIpc) is 2.74. The van der Waals surface area contributed by atoms with Crippen molar-refractivity contribution in [3.05, 3.63) is 104 Å². The van der Waals surface area contributed by atoms with Crippen LogP contribution in [0.1, 0.15) is 44.5 Å². The molecule has 3 aromatic carbocycles. The maximum absolute atomic E-state index is 13.4. The summed E-state index contributed by atoms with van der Waals surface area (Å²) in [5.41, 5.74) is 5.72. The zero-order chi connectivity index (χ0) is 27.3. The molecule has 192 valence electrons. The molecule has 0 N–H and O–H groups in total. The maximum atomic E-state index is 13.4. The molecule has 0 unspecified atom stereocenters. The second-order valence-electron chi connectivity index (χ2n) is 9.36. The number of hydrogen-bond acceptors (Lipinski definition) is 4. The molecule has 1 aliphatic carbocycles. The van der Waals surface area contributed by atoms with Crippen molar-refractivity contribution < 1.29 is 16.8 Å². The Bertz CT molecular complexity index is 1720. The van der Waals surface area contributed by atoms with E-state index in [0.29, 0.717) is 37.9 Å². The molecule has 0 spiro atoms. The molecule has 0 aromatic heterocycles. The standard InChI is InChI=1S/C28H27BrN2O4S2/c1-16-11-18(3)27(19(4)12-16)36(32,33)30-25-15-24(29)26(23-10-8-7-9-22(23)25)31-37(34,35)28-20(5)13-17(2)14-21(28)6/h7-15H,1-6H3. The van der Waals surface area contributed by atoms with Crippen LogP contribution in [0.5, 0.6) is 0 Å². The monoisotopic (exact) mass is 598 g/mol. The lowest BCUT2D eigenvalue weighted by atomic mass is 9.94. The molecular formula is C28H27BrN2O4S2. The molecule has 0 saturated carbocycles. The largest absolute Gasteiger partial charge is 0.283 e. The molecule has 6 nitrogen and oxygen atoms in total. The van der Waals surface area contributed by atoms with Gasteiger partial charge < -0.3 is 0 Å². The first kappa shape index (κ1) is 27.2. The van der Waals surface area contributed by atoms with Gasteiger partial charge in [-0.1, -0.05) is 59.7 Å². The summed E-state index contributed by atoms with van der Waals surface area (Å²) >= 11 is 3.43. The minimum Gasteiger partial charge on any atom is -0.199 e. The van der Waals surface area contributed by atoms with Crippen molar-refractivity contribution >= 4 is 47.4 Å². The van der Waals surface area contributed by atoms with Gasteiger partial charge in [0, 0.05) is 15.6 Å². The third-order valence-corrected chi connectivity index (χ3v) is 9.89. The van der Waals surface area contributed by atoms with Crippen LogP contribution in [0.2, 0.25) is 0 Å². The number of halogens is 1. The first-order valence-corrected chi connectivity index (χ1v) is 15.2. The zero-order valence-corrected chi connectivity index (χ0v) is 24.6. The van der Waals surface area contributed by atoms with E-state index >= 15 is 0 Å². The number of allylic oxidation sites excluding steroid dienone is 2.